The van der Waals surface area contributed by atoms with Gasteiger partial charge in [-0.1, -0.05) is 200 Å². The number of fused-ring (bicyclic) bond motifs is 3. The van der Waals surface area contributed by atoms with Gasteiger partial charge in [-0.15, -0.1) is 5.10 Å². The van der Waals surface area contributed by atoms with Crippen LogP contribution < -0.4 is 0 Å². The molecule has 0 aliphatic rings. The van der Waals surface area contributed by atoms with Gasteiger partial charge in [0.2, 0.25) is 0 Å². The monoisotopic (exact) mass is 842 g/mol. The minimum atomic E-state index is 0.668. The number of rotatable bonds is 9. The second kappa shape index (κ2) is 16.7. The van der Waals surface area contributed by atoms with Crippen LogP contribution in [0, 0.1) is 0 Å². The fourth-order valence-corrected chi connectivity index (χ4v) is 9.46. The molecule has 0 unspecified atom stereocenters. The average Bonchev–Trinajstić information content (AvgIpc) is 4.00. The van der Waals surface area contributed by atoms with Crippen LogP contribution in [0.25, 0.3) is 112 Å². The fraction of sp³-hybridized carbons (Fsp3) is 0. The second-order valence-electron chi connectivity index (χ2n) is 16.6. The lowest BCUT2D eigenvalue weighted by Crippen LogP contribution is -2.00. The third-order valence-electron chi connectivity index (χ3n) is 12.6. The van der Waals surface area contributed by atoms with E-state index in [0.29, 0.717) is 5.82 Å². The third-order valence-corrected chi connectivity index (χ3v) is 12.6. The van der Waals surface area contributed by atoms with E-state index in [9.17, 15) is 0 Å². The van der Waals surface area contributed by atoms with Crippen molar-refractivity contribution >= 4 is 21.8 Å². The standard InChI is InChI=1S/C62H42N4/c1-4-18-43(19-5-1)46-22-16-24-49(40-46)61-63-62(50-25-17-23-47(41-50)44-20-6-2-7-21-44)66(64-61)52-37-34-45(35-38-52)53-28-10-12-30-55(53)56-31-13-11-29-54(56)48-36-39-60-58(42-48)57-32-14-15-33-59(57)65(60)51-26-8-3-9-27-51/h1-42H. The summed E-state index contributed by atoms with van der Waals surface area (Å²) in [5.74, 6) is 1.44. The Hall–Kier alpha value is -8.86. The van der Waals surface area contributed by atoms with Gasteiger partial charge in [-0.25, -0.2) is 9.67 Å². The van der Waals surface area contributed by atoms with Crippen molar-refractivity contribution in [3.63, 3.8) is 0 Å². The number of benzene rings is 10. The first kappa shape index (κ1) is 38.8. The molecule has 0 fully saturated rings. The molecule has 12 aromatic rings. The lowest BCUT2D eigenvalue weighted by Gasteiger charge is -2.15. The van der Waals surface area contributed by atoms with Crippen molar-refractivity contribution in [2.45, 2.75) is 0 Å². The van der Waals surface area contributed by atoms with Gasteiger partial charge in [0, 0.05) is 27.6 Å². The van der Waals surface area contributed by atoms with Crippen molar-refractivity contribution in [2.75, 3.05) is 0 Å². The summed E-state index contributed by atoms with van der Waals surface area (Å²) < 4.78 is 4.36. The van der Waals surface area contributed by atoms with Crippen LogP contribution in [-0.4, -0.2) is 19.3 Å². The SMILES string of the molecule is c1ccc(-c2cccc(-c3nc(-c4cccc(-c5ccccc5)c4)n(-c4ccc(-c5ccccc5-c5ccccc5-c5ccc6c(c5)c5ccccc5n6-c5ccccc5)cc4)n3)c2)cc1. The summed E-state index contributed by atoms with van der Waals surface area (Å²) in [4.78, 5) is 5.27. The minimum absolute atomic E-state index is 0.668. The molecule has 4 heteroatoms. The molecule has 0 atom stereocenters. The third kappa shape index (κ3) is 7.08. The topological polar surface area (TPSA) is 35.6 Å². The summed E-state index contributed by atoms with van der Waals surface area (Å²) in [6.45, 7) is 0. The number of nitrogens with zero attached hydrogens (tertiary/aromatic N) is 4. The Kier molecular flexibility index (Phi) is 9.81. The smallest absolute Gasteiger partial charge is 0.182 e. The van der Waals surface area contributed by atoms with Crippen LogP contribution >= 0.6 is 0 Å². The van der Waals surface area contributed by atoms with Gasteiger partial charge in [0.25, 0.3) is 0 Å². The second-order valence-corrected chi connectivity index (χ2v) is 16.6. The van der Waals surface area contributed by atoms with Crippen molar-refractivity contribution in [1.29, 1.82) is 0 Å². The normalized spacial score (nSPS) is 11.3. The zero-order valence-corrected chi connectivity index (χ0v) is 36.0. The molecule has 0 saturated carbocycles. The molecule has 0 saturated heterocycles. The highest BCUT2D eigenvalue weighted by Crippen LogP contribution is 2.41. The Balaban J connectivity index is 0.939. The Morgan fingerprint density at radius 1 is 0.273 bits per heavy atom. The van der Waals surface area contributed by atoms with E-state index in [0.717, 1.165) is 61.7 Å². The van der Waals surface area contributed by atoms with Gasteiger partial charge in [0.15, 0.2) is 11.6 Å². The van der Waals surface area contributed by atoms with Gasteiger partial charge in [-0.3, -0.25) is 0 Å². The molecule has 310 valence electrons. The van der Waals surface area contributed by atoms with Gasteiger partial charge in [-0.05, 0) is 110 Å². The highest BCUT2D eigenvalue weighted by molar-refractivity contribution is 6.11. The maximum Gasteiger partial charge on any atom is 0.182 e. The van der Waals surface area contributed by atoms with Crippen LogP contribution in [0.5, 0.6) is 0 Å². The molecule has 10 aromatic carbocycles. The quantitative estimate of drug-likeness (QED) is 0.145. The molecule has 0 bridgehead atoms. The molecule has 0 N–H and O–H groups in total. The molecular weight excluding hydrogens is 801 g/mol. The maximum atomic E-state index is 5.27. The van der Waals surface area contributed by atoms with Crippen LogP contribution in [0.15, 0.2) is 255 Å². The molecule has 2 heterocycles. The number of para-hydroxylation sites is 2. The van der Waals surface area contributed by atoms with Crippen LogP contribution in [0.3, 0.4) is 0 Å². The van der Waals surface area contributed by atoms with Crippen molar-refractivity contribution in [1.82, 2.24) is 19.3 Å². The highest BCUT2D eigenvalue weighted by Gasteiger charge is 2.19. The van der Waals surface area contributed by atoms with E-state index >= 15 is 0 Å². The Morgan fingerprint density at radius 3 is 1.42 bits per heavy atom. The Labute approximate surface area is 384 Å². The van der Waals surface area contributed by atoms with E-state index in [4.69, 9.17) is 10.1 Å². The molecule has 0 aliphatic carbocycles. The first-order chi connectivity index (χ1) is 32.7. The Morgan fingerprint density at radius 2 is 0.758 bits per heavy atom. The van der Waals surface area contributed by atoms with Crippen LogP contribution in [0.2, 0.25) is 0 Å². The fourth-order valence-electron chi connectivity index (χ4n) is 9.46. The largest absolute Gasteiger partial charge is 0.309 e. The van der Waals surface area contributed by atoms with Gasteiger partial charge in [0.1, 0.15) is 0 Å². The predicted octanol–water partition coefficient (Wildman–Crippen LogP) is 16.0. The molecule has 0 radical (unpaired) electrons. The summed E-state index contributed by atoms with van der Waals surface area (Å²) in [6.07, 6.45) is 0. The van der Waals surface area contributed by atoms with E-state index < -0.39 is 0 Å². The van der Waals surface area contributed by atoms with Crippen molar-refractivity contribution in [3.05, 3.63) is 255 Å². The molecule has 0 amide bonds. The first-order valence-corrected chi connectivity index (χ1v) is 22.4. The van der Waals surface area contributed by atoms with Crippen molar-refractivity contribution < 1.29 is 0 Å². The zero-order chi connectivity index (χ0) is 43.8. The van der Waals surface area contributed by atoms with E-state index in [1.54, 1.807) is 0 Å². The van der Waals surface area contributed by atoms with Gasteiger partial charge >= 0.3 is 0 Å². The zero-order valence-electron chi connectivity index (χ0n) is 36.0. The van der Waals surface area contributed by atoms with Crippen molar-refractivity contribution in [3.8, 4) is 89.8 Å². The maximum absolute atomic E-state index is 5.27. The molecule has 2 aromatic heterocycles. The van der Waals surface area contributed by atoms with E-state index in [1.807, 2.05) is 16.8 Å². The summed E-state index contributed by atoms with van der Waals surface area (Å²) in [5, 5.41) is 7.71. The van der Waals surface area contributed by atoms with E-state index in [2.05, 4.69) is 247 Å². The van der Waals surface area contributed by atoms with E-state index in [1.165, 1.54) is 44.1 Å². The molecule has 0 aliphatic heterocycles. The summed E-state index contributed by atoms with van der Waals surface area (Å²) in [5.41, 5.74) is 18.0. The van der Waals surface area contributed by atoms with Crippen LogP contribution in [0.4, 0.5) is 0 Å². The minimum Gasteiger partial charge on any atom is -0.309 e. The number of hydrogen-bond donors (Lipinski definition) is 0. The lowest BCUT2D eigenvalue weighted by atomic mass is 9.89. The predicted molar refractivity (Wildman–Crippen MR) is 274 cm³/mol. The number of hydrogen-bond acceptors (Lipinski definition) is 2. The molecule has 4 nitrogen and oxygen atoms in total. The molecule has 66 heavy (non-hydrogen) atoms. The summed E-state index contributed by atoms with van der Waals surface area (Å²) in [7, 11) is 0. The molecular formula is C62H42N4. The average molecular weight is 843 g/mol. The van der Waals surface area contributed by atoms with Crippen LogP contribution in [-0.2, 0) is 0 Å². The van der Waals surface area contributed by atoms with E-state index in [-0.39, 0.29) is 0 Å². The first-order valence-electron chi connectivity index (χ1n) is 22.4. The van der Waals surface area contributed by atoms with Gasteiger partial charge < -0.3 is 4.57 Å². The van der Waals surface area contributed by atoms with Gasteiger partial charge in [0.05, 0.1) is 16.7 Å². The summed E-state index contributed by atoms with van der Waals surface area (Å²) >= 11 is 0. The Bertz CT molecular complexity index is 3680. The van der Waals surface area contributed by atoms with Gasteiger partial charge in [-0.2, -0.15) is 0 Å². The summed E-state index contributed by atoms with van der Waals surface area (Å²) in [6, 6.07) is 90.6. The van der Waals surface area contributed by atoms with Crippen molar-refractivity contribution in [2.24, 2.45) is 0 Å². The molecule has 0 spiro atoms. The number of aromatic nitrogens is 4. The van der Waals surface area contributed by atoms with Crippen LogP contribution in [0.1, 0.15) is 0 Å². The highest BCUT2D eigenvalue weighted by atomic mass is 15.4. The molecule has 12 rings (SSSR count). The lowest BCUT2D eigenvalue weighted by molar-refractivity contribution is 0.891.